The smallest absolute Gasteiger partial charge is 0.260 e. The quantitative estimate of drug-likeness (QED) is 0.494. The molecule has 0 aliphatic heterocycles. The van der Waals surface area contributed by atoms with Crippen molar-refractivity contribution in [1.29, 1.82) is 0 Å². The molecule has 2 aromatic carbocycles. The average molecular weight is 446 g/mol. The standard InChI is InChI=1S/C24H31N3OS.ClH/c1-16-8-13-20-21(17(16)2)25-23(29-20)27(15-14-26(6)7)22(28)18-9-11-19(12-10-18)24(3,4)5;/h8-13H,14-15H2,1-7H3;1H. The van der Waals surface area contributed by atoms with E-state index in [1.165, 1.54) is 16.7 Å². The van der Waals surface area contributed by atoms with Crippen LogP contribution in [0.3, 0.4) is 0 Å². The first-order chi connectivity index (χ1) is 13.6. The van der Waals surface area contributed by atoms with Crippen LogP contribution in [-0.2, 0) is 5.41 Å². The summed E-state index contributed by atoms with van der Waals surface area (Å²) in [7, 11) is 4.04. The monoisotopic (exact) mass is 445 g/mol. The van der Waals surface area contributed by atoms with E-state index in [1.807, 2.05) is 31.1 Å². The van der Waals surface area contributed by atoms with Gasteiger partial charge < -0.3 is 4.90 Å². The lowest BCUT2D eigenvalue weighted by molar-refractivity contribution is 0.0985. The van der Waals surface area contributed by atoms with Gasteiger partial charge in [0.15, 0.2) is 5.13 Å². The number of aromatic nitrogens is 1. The molecule has 1 amide bonds. The van der Waals surface area contributed by atoms with Gasteiger partial charge in [-0.15, -0.1) is 12.4 Å². The second-order valence-electron chi connectivity index (χ2n) is 8.94. The SMILES string of the molecule is Cc1ccc2sc(N(CCN(C)C)C(=O)c3ccc(C(C)(C)C)cc3)nc2c1C.Cl. The molecule has 0 aliphatic rings. The van der Waals surface area contributed by atoms with Gasteiger partial charge >= 0.3 is 0 Å². The van der Waals surface area contributed by atoms with Crippen molar-refractivity contribution >= 4 is 45.0 Å². The van der Waals surface area contributed by atoms with Gasteiger partial charge in [0, 0.05) is 18.7 Å². The summed E-state index contributed by atoms with van der Waals surface area (Å²) in [5.74, 6) is 0.000685. The summed E-state index contributed by atoms with van der Waals surface area (Å²) in [6.45, 7) is 12.1. The Morgan fingerprint density at radius 1 is 1.00 bits per heavy atom. The molecule has 1 heterocycles. The van der Waals surface area contributed by atoms with Crippen LogP contribution >= 0.6 is 23.7 Å². The van der Waals surface area contributed by atoms with Gasteiger partial charge in [0.1, 0.15) is 0 Å². The van der Waals surface area contributed by atoms with Crippen LogP contribution in [0.25, 0.3) is 10.2 Å². The third-order valence-electron chi connectivity index (χ3n) is 5.32. The van der Waals surface area contributed by atoms with Crippen LogP contribution in [0.5, 0.6) is 0 Å². The fourth-order valence-corrected chi connectivity index (χ4v) is 4.23. The van der Waals surface area contributed by atoms with Crippen molar-refractivity contribution in [3.05, 3.63) is 58.7 Å². The zero-order valence-electron chi connectivity index (χ0n) is 18.9. The summed E-state index contributed by atoms with van der Waals surface area (Å²) < 4.78 is 1.12. The summed E-state index contributed by atoms with van der Waals surface area (Å²) >= 11 is 1.59. The number of hydrogen-bond donors (Lipinski definition) is 0. The summed E-state index contributed by atoms with van der Waals surface area (Å²) in [4.78, 5) is 22.2. The number of hydrogen-bond acceptors (Lipinski definition) is 4. The zero-order chi connectivity index (χ0) is 21.3. The van der Waals surface area contributed by atoms with Gasteiger partial charge in [0.25, 0.3) is 5.91 Å². The van der Waals surface area contributed by atoms with Crippen LogP contribution in [-0.4, -0.2) is 43.0 Å². The van der Waals surface area contributed by atoms with Crippen molar-refractivity contribution in [3.63, 3.8) is 0 Å². The van der Waals surface area contributed by atoms with Crippen LogP contribution in [0.2, 0.25) is 0 Å². The number of likely N-dealkylation sites (N-methyl/N-ethyl adjacent to an activating group) is 1. The Bertz CT molecular complexity index is 1020. The van der Waals surface area contributed by atoms with E-state index in [0.29, 0.717) is 12.1 Å². The lowest BCUT2D eigenvalue weighted by Crippen LogP contribution is -2.36. The van der Waals surface area contributed by atoms with Crippen molar-refractivity contribution in [2.75, 3.05) is 32.1 Å². The molecule has 0 aliphatic carbocycles. The Hall–Kier alpha value is -1.95. The van der Waals surface area contributed by atoms with E-state index in [2.05, 4.69) is 63.8 Å². The molecule has 0 saturated heterocycles. The van der Waals surface area contributed by atoms with Gasteiger partial charge in [0.2, 0.25) is 0 Å². The van der Waals surface area contributed by atoms with Crippen molar-refractivity contribution < 1.29 is 4.79 Å². The van der Waals surface area contributed by atoms with Crippen molar-refractivity contribution in [3.8, 4) is 0 Å². The molecule has 30 heavy (non-hydrogen) atoms. The molecule has 4 nitrogen and oxygen atoms in total. The van der Waals surface area contributed by atoms with Crippen LogP contribution in [0, 0.1) is 13.8 Å². The van der Waals surface area contributed by atoms with Crippen LogP contribution in [0.1, 0.15) is 47.8 Å². The Balaban J connectivity index is 0.00000320. The van der Waals surface area contributed by atoms with Crippen molar-refractivity contribution in [2.45, 2.75) is 40.0 Å². The van der Waals surface area contributed by atoms with Crippen LogP contribution < -0.4 is 4.90 Å². The first-order valence-electron chi connectivity index (χ1n) is 10.0. The van der Waals surface area contributed by atoms with Gasteiger partial charge in [-0.05, 0) is 68.2 Å². The average Bonchev–Trinajstić information content (AvgIpc) is 3.08. The second kappa shape index (κ2) is 9.46. The number of aryl methyl sites for hydroxylation is 2. The maximum atomic E-state index is 13.4. The predicted molar refractivity (Wildman–Crippen MR) is 132 cm³/mol. The number of anilines is 1. The number of amides is 1. The lowest BCUT2D eigenvalue weighted by atomic mass is 9.86. The normalized spacial score (nSPS) is 11.6. The second-order valence-corrected chi connectivity index (χ2v) is 9.95. The molecule has 0 radical (unpaired) electrons. The van der Waals surface area contributed by atoms with E-state index in [0.717, 1.165) is 21.9 Å². The predicted octanol–water partition coefficient (Wildman–Crippen LogP) is 5.84. The number of nitrogens with zero attached hydrogens (tertiary/aromatic N) is 3. The highest BCUT2D eigenvalue weighted by molar-refractivity contribution is 7.22. The van der Waals surface area contributed by atoms with Crippen LogP contribution in [0.15, 0.2) is 36.4 Å². The number of rotatable bonds is 5. The van der Waals surface area contributed by atoms with E-state index in [1.54, 1.807) is 11.3 Å². The fraction of sp³-hybridized carbons (Fsp3) is 0.417. The molecule has 6 heteroatoms. The molecule has 0 spiro atoms. The van der Waals surface area contributed by atoms with Gasteiger partial charge in [0.05, 0.1) is 10.2 Å². The topological polar surface area (TPSA) is 36.4 Å². The minimum atomic E-state index is 0. The lowest BCUT2D eigenvalue weighted by Gasteiger charge is -2.23. The number of carbonyl (C=O) groups excluding carboxylic acids is 1. The molecule has 3 aromatic rings. The minimum absolute atomic E-state index is 0. The number of carbonyl (C=O) groups is 1. The molecule has 1 aromatic heterocycles. The van der Waals surface area contributed by atoms with Crippen molar-refractivity contribution in [2.24, 2.45) is 0 Å². The van der Waals surface area contributed by atoms with Gasteiger partial charge in [-0.2, -0.15) is 0 Å². The maximum Gasteiger partial charge on any atom is 0.260 e. The Morgan fingerprint density at radius 3 is 2.20 bits per heavy atom. The highest BCUT2D eigenvalue weighted by atomic mass is 35.5. The van der Waals surface area contributed by atoms with E-state index >= 15 is 0 Å². The van der Waals surface area contributed by atoms with Gasteiger partial charge in [-0.25, -0.2) is 4.98 Å². The van der Waals surface area contributed by atoms with E-state index in [9.17, 15) is 4.79 Å². The summed E-state index contributed by atoms with van der Waals surface area (Å²) in [6, 6.07) is 12.2. The first kappa shape index (κ1) is 24.3. The summed E-state index contributed by atoms with van der Waals surface area (Å²) in [5.41, 5.74) is 5.38. The maximum absolute atomic E-state index is 13.4. The molecule has 0 bridgehead atoms. The molecule has 0 saturated carbocycles. The van der Waals surface area contributed by atoms with Gasteiger partial charge in [-0.3, -0.25) is 9.69 Å². The first-order valence-corrected chi connectivity index (χ1v) is 10.8. The summed E-state index contributed by atoms with van der Waals surface area (Å²) in [6.07, 6.45) is 0. The number of thiazole rings is 1. The molecule has 0 unspecified atom stereocenters. The Kier molecular flexibility index (Phi) is 7.67. The van der Waals surface area contributed by atoms with Crippen LogP contribution in [0.4, 0.5) is 5.13 Å². The Labute approximate surface area is 190 Å². The largest absolute Gasteiger partial charge is 0.308 e. The van der Waals surface area contributed by atoms with Gasteiger partial charge in [-0.1, -0.05) is 50.3 Å². The molecular weight excluding hydrogens is 414 g/mol. The Morgan fingerprint density at radius 2 is 1.63 bits per heavy atom. The third-order valence-corrected chi connectivity index (χ3v) is 6.36. The number of benzene rings is 2. The van der Waals surface area contributed by atoms with E-state index in [-0.39, 0.29) is 23.7 Å². The highest BCUT2D eigenvalue weighted by Gasteiger charge is 2.23. The summed E-state index contributed by atoms with van der Waals surface area (Å²) in [5, 5.41) is 0.764. The minimum Gasteiger partial charge on any atom is -0.308 e. The van der Waals surface area contributed by atoms with E-state index < -0.39 is 0 Å². The number of fused-ring (bicyclic) bond motifs is 1. The highest BCUT2D eigenvalue weighted by Crippen LogP contribution is 2.33. The molecule has 3 rings (SSSR count). The number of halogens is 1. The molecular formula is C24H32ClN3OS. The molecule has 0 N–H and O–H groups in total. The molecule has 0 atom stereocenters. The molecule has 162 valence electrons. The van der Waals surface area contributed by atoms with E-state index in [4.69, 9.17) is 4.98 Å². The van der Waals surface area contributed by atoms with Crippen molar-refractivity contribution in [1.82, 2.24) is 9.88 Å². The fourth-order valence-electron chi connectivity index (χ4n) is 3.18. The molecule has 0 fully saturated rings. The zero-order valence-corrected chi connectivity index (χ0v) is 20.6. The third kappa shape index (κ3) is 5.20.